The van der Waals surface area contributed by atoms with Crippen LogP contribution in [0.25, 0.3) is 0 Å². The van der Waals surface area contributed by atoms with Gasteiger partial charge in [-0.2, -0.15) is 0 Å². The van der Waals surface area contributed by atoms with Crippen LogP contribution in [0.3, 0.4) is 0 Å². The predicted octanol–water partition coefficient (Wildman–Crippen LogP) is 1.98. The molecule has 3 heteroatoms. The summed E-state index contributed by atoms with van der Waals surface area (Å²) in [5.41, 5.74) is -0.796. The van der Waals surface area contributed by atoms with Crippen molar-refractivity contribution in [2.24, 2.45) is 0 Å². The van der Waals surface area contributed by atoms with Gasteiger partial charge in [0.05, 0.1) is 0 Å². The Hall–Kier alpha value is -1.51. The number of hydrogen-bond acceptors (Lipinski definition) is 2. The van der Waals surface area contributed by atoms with Crippen LogP contribution in [0.1, 0.15) is 20.3 Å². The first-order valence-electron chi connectivity index (χ1n) is 5.08. The minimum atomic E-state index is -0.796. The Bertz CT molecular complexity index is 324. The third-order valence-electron chi connectivity index (χ3n) is 2.47. The van der Waals surface area contributed by atoms with E-state index in [1.165, 1.54) is 0 Å². The van der Waals surface area contributed by atoms with Crippen LogP contribution >= 0.6 is 0 Å². The Kier molecular flexibility index (Phi) is 3.72. The van der Waals surface area contributed by atoms with Gasteiger partial charge in [-0.15, -0.1) is 0 Å². The summed E-state index contributed by atoms with van der Waals surface area (Å²) in [7, 11) is 1.62. The van der Waals surface area contributed by atoms with Crippen molar-refractivity contribution < 1.29 is 9.53 Å². The monoisotopic (exact) mass is 207 g/mol. The number of likely N-dealkylation sites (N-methyl/N-ethyl adjacent to an activating group) is 1. The number of nitrogens with one attached hydrogen (secondary N) is 1. The third kappa shape index (κ3) is 2.72. The largest absolute Gasteiger partial charge is 0.478 e. The fourth-order valence-corrected chi connectivity index (χ4v) is 1.29. The number of carbonyl (C=O) groups is 1. The molecule has 3 nitrogen and oxygen atoms in total. The highest BCUT2D eigenvalue weighted by Crippen LogP contribution is 2.20. The molecule has 0 saturated carbocycles. The van der Waals surface area contributed by atoms with Gasteiger partial charge < -0.3 is 10.1 Å². The molecule has 1 rings (SSSR count). The molecular weight excluding hydrogens is 190 g/mol. The minimum Gasteiger partial charge on any atom is -0.478 e. The maximum absolute atomic E-state index is 11.6. The molecule has 15 heavy (non-hydrogen) atoms. The lowest BCUT2D eigenvalue weighted by Crippen LogP contribution is -2.47. The first-order valence-corrected chi connectivity index (χ1v) is 5.08. The maximum Gasteiger partial charge on any atom is 0.263 e. The summed E-state index contributed by atoms with van der Waals surface area (Å²) in [6, 6.07) is 9.37. The van der Waals surface area contributed by atoms with E-state index >= 15 is 0 Å². The topological polar surface area (TPSA) is 38.3 Å². The normalized spacial score (nSPS) is 14.1. The van der Waals surface area contributed by atoms with E-state index in [0.29, 0.717) is 12.2 Å². The summed E-state index contributed by atoms with van der Waals surface area (Å²) in [5.74, 6) is 0.610. The molecule has 0 bridgehead atoms. The zero-order chi connectivity index (χ0) is 11.3. The lowest BCUT2D eigenvalue weighted by Gasteiger charge is -2.27. The van der Waals surface area contributed by atoms with E-state index in [0.717, 1.165) is 0 Å². The smallest absolute Gasteiger partial charge is 0.263 e. The van der Waals surface area contributed by atoms with Crippen LogP contribution in [0.5, 0.6) is 5.75 Å². The number of para-hydroxylation sites is 1. The molecule has 1 amide bonds. The standard InChI is InChI=1S/C12H17NO2/c1-4-12(2,11(14)13-3)15-10-8-6-5-7-9-10/h5-9H,4H2,1-3H3,(H,13,14). The average Bonchev–Trinajstić information content (AvgIpc) is 2.29. The number of amides is 1. The Labute approximate surface area is 90.4 Å². The van der Waals surface area contributed by atoms with E-state index < -0.39 is 5.60 Å². The number of ether oxygens (including phenoxy) is 1. The molecule has 0 aliphatic carbocycles. The van der Waals surface area contributed by atoms with E-state index in [1.54, 1.807) is 14.0 Å². The molecule has 0 heterocycles. The molecule has 1 unspecified atom stereocenters. The first kappa shape index (κ1) is 11.6. The molecule has 0 aromatic heterocycles. The van der Waals surface area contributed by atoms with Crippen LogP contribution < -0.4 is 10.1 Å². The van der Waals surface area contributed by atoms with E-state index in [9.17, 15) is 4.79 Å². The first-order chi connectivity index (χ1) is 7.12. The van der Waals surface area contributed by atoms with E-state index in [-0.39, 0.29) is 5.91 Å². The van der Waals surface area contributed by atoms with Crippen molar-refractivity contribution in [2.45, 2.75) is 25.9 Å². The zero-order valence-electron chi connectivity index (χ0n) is 9.41. The van der Waals surface area contributed by atoms with Gasteiger partial charge in [0.1, 0.15) is 5.75 Å². The van der Waals surface area contributed by atoms with E-state index in [2.05, 4.69) is 5.32 Å². The van der Waals surface area contributed by atoms with E-state index in [4.69, 9.17) is 4.74 Å². The van der Waals surface area contributed by atoms with Crippen LogP contribution in [0.2, 0.25) is 0 Å². The summed E-state index contributed by atoms with van der Waals surface area (Å²) in [6.45, 7) is 3.72. The van der Waals surface area contributed by atoms with E-state index in [1.807, 2.05) is 37.3 Å². The van der Waals surface area contributed by atoms with Crippen molar-refractivity contribution in [3.05, 3.63) is 30.3 Å². The lowest BCUT2D eigenvalue weighted by molar-refractivity contribution is -0.135. The van der Waals surface area contributed by atoms with Crippen molar-refractivity contribution in [1.29, 1.82) is 0 Å². The summed E-state index contributed by atoms with van der Waals surface area (Å²) in [4.78, 5) is 11.6. The second-order valence-electron chi connectivity index (χ2n) is 3.58. The molecule has 1 N–H and O–H groups in total. The molecule has 0 radical (unpaired) electrons. The second-order valence-corrected chi connectivity index (χ2v) is 3.58. The van der Waals surface area contributed by atoms with Gasteiger partial charge in [0.25, 0.3) is 5.91 Å². The Balaban J connectivity index is 2.81. The van der Waals surface area contributed by atoms with Crippen LogP contribution in [0.4, 0.5) is 0 Å². The summed E-state index contributed by atoms with van der Waals surface area (Å²) < 4.78 is 5.69. The summed E-state index contributed by atoms with van der Waals surface area (Å²) in [5, 5.41) is 2.61. The molecule has 1 atom stereocenters. The fraction of sp³-hybridized carbons (Fsp3) is 0.417. The zero-order valence-corrected chi connectivity index (χ0v) is 9.41. The van der Waals surface area contributed by atoms with Crippen molar-refractivity contribution in [3.63, 3.8) is 0 Å². The van der Waals surface area contributed by atoms with Gasteiger partial charge in [-0.25, -0.2) is 0 Å². The quantitative estimate of drug-likeness (QED) is 0.819. The van der Waals surface area contributed by atoms with Crippen LogP contribution in [0, 0.1) is 0 Å². The van der Waals surface area contributed by atoms with Gasteiger partial charge in [0.2, 0.25) is 0 Å². The van der Waals surface area contributed by atoms with Gasteiger partial charge in [0.15, 0.2) is 5.60 Å². The number of hydrogen-bond donors (Lipinski definition) is 1. The van der Waals surface area contributed by atoms with Crippen LogP contribution in [-0.4, -0.2) is 18.6 Å². The van der Waals surface area contributed by atoms with Crippen LogP contribution in [-0.2, 0) is 4.79 Å². The van der Waals surface area contributed by atoms with Gasteiger partial charge in [-0.05, 0) is 25.5 Å². The molecule has 0 aliphatic heterocycles. The highest BCUT2D eigenvalue weighted by molar-refractivity contribution is 5.84. The Morgan fingerprint density at radius 3 is 2.47 bits per heavy atom. The second kappa shape index (κ2) is 4.82. The fourth-order valence-electron chi connectivity index (χ4n) is 1.29. The van der Waals surface area contributed by atoms with Gasteiger partial charge in [-0.1, -0.05) is 25.1 Å². The Morgan fingerprint density at radius 1 is 1.40 bits per heavy atom. The highest BCUT2D eigenvalue weighted by Gasteiger charge is 2.32. The molecule has 0 fully saturated rings. The number of rotatable bonds is 4. The minimum absolute atomic E-state index is 0.103. The number of carbonyl (C=O) groups excluding carboxylic acids is 1. The highest BCUT2D eigenvalue weighted by atomic mass is 16.5. The summed E-state index contributed by atoms with van der Waals surface area (Å²) in [6.07, 6.45) is 0.627. The van der Waals surface area contributed by atoms with Crippen molar-refractivity contribution in [1.82, 2.24) is 5.32 Å². The molecule has 0 aliphatic rings. The molecule has 1 aromatic rings. The molecule has 1 aromatic carbocycles. The SMILES string of the molecule is CCC(C)(Oc1ccccc1)C(=O)NC. The lowest BCUT2D eigenvalue weighted by atomic mass is 10.0. The predicted molar refractivity (Wildman–Crippen MR) is 59.8 cm³/mol. The Morgan fingerprint density at radius 2 is 2.00 bits per heavy atom. The van der Waals surface area contributed by atoms with Gasteiger partial charge in [-0.3, -0.25) is 4.79 Å². The van der Waals surface area contributed by atoms with Crippen molar-refractivity contribution >= 4 is 5.91 Å². The maximum atomic E-state index is 11.6. The molecule has 0 saturated heterocycles. The van der Waals surface area contributed by atoms with Gasteiger partial charge >= 0.3 is 0 Å². The van der Waals surface area contributed by atoms with Crippen molar-refractivity contribution in [2.75, 3.05) is 7.05 Å². The molecule has 0 spiro atoms. The van der Waals surface area contributed by atoms with Crippen molar-refractivity contribution in [3.8, 4) is 5.75 Å². The van der Waals surface area contributed by atoms with Gasteiger partial charge in [0, 0.05) is 7.05 Å². The van der Waals surface area contributed by atoms with Crippen LogP contribution in [0.15, 0.2) is 30.3 Å². The molecule has 82 valence electrons. The summed E-state index contributed by atoms with van der Waals surface area (Å²) >= 11 is 0. The third-order valence-corrected chi connectivity index (χ3v) is 2.47. The number of benzene rings is 1. The molecular formula is C12H17NO2. The average molecular weight is 207 g/mol.